The van der Waals surface area contributed by atoms with Crippen molar-refractivity contribution in [2.24, 2.45) is 16.2 Å². The van der Waals surface area contributed by atoms with Crippen molar-refractivity contribution in [2.45, 2.75) is 53.1 Å². The van der Waals surface area contributed by atoms with E-state index in [4.69, 9.17) is 0 Å². The number of ketones is 1. The van der Waals surface area contributed by atoms with Gasteiger partial charge in [-0.3, -0.25) is 9.59 Å². The standard InChI is InChI=1S/C25H29NO2/c1-23(2)24(3)14-15-25(23,16-21(24)27)22(28)26(17-19-10-6-4-7-11-19)18-20-12-8-5-9-13-20/h4-13H,14-18H2,1-3H3/t24-,25-/m1/s1. The number of carbonyl (C=O) groups excluding carboxylic acids is 2. The molecule has 0 N–H and O–H groups in total. The zero-order chi connectivity index (χ0) is 20.0. The smallest absolute Gasteiger partial charge is 0.230 e. The van der Waals surface area contributed by atoms with Gasteiger partial charge in [-0.2, -0.15) is 0 Å². The van der Waals surface area contributed by atoms with E-state index >= 15 is 0 Å². The summed E-state index contributed by atoms with van der Waals surface area (Å²) in [5.74, 6) is 0.399. The van der Waals surface area contributed by atoms with Gasteiger partial charge in [0.25, 0.3) is 0 Å². The maximum absolute atomic E-state index is 14.0. The maximum Gasteiger partial charge on any atom is 0.230 e. The Hall–Kier alpha value is -2.42. The van der Waals surface area contributed by atoms with E-state index in [0.717, 1.165) is 24.0 Å². The highest BCUT2D eigenvalue weighted by atomic mass is 16.2. The Morgan fingerprint density at radius 1 is 0.857 bits per heavy atom. The van der Waals surface area contributed by atoms with Crippen LogP contribution in [0.2, 0.25) is 0 Å². The van der Waals surface area contributed by atoms with Crippen molar-refractivity contribution in [1.82, 2.24) is 4.90 Å². The zero-order valence-electron chi connectivity index (χ0n) is 17.1. The molecule has 0 unspecified atom stereocenters. The Balaban J connectivity index is 1.70. The number of Topliss-reactive ketones (excluding diaryl/α,β-unsaturated/α-hetero) is 1. The first-order valence-electron chi connectivity index (χ1n) is 10.2. The van der Waals surface area contributed by atoms with Crippen LogP contribution in [0.3, 0.4) is 0 Å². The molecule has 0 aromatic heterocycles. The number of amides is 1. The predicted octanol–water partition coefficient (Wildman–Crippen LogP) is 5.00. The van der Waals surface area contributed by atoms with E-state index < -0.39 is 5.41 Å². The van der Waals surface area contributed by atoms with Gasteiger partial charge < -0.3 is 4.90 Å². The monoisotopic (exact) mass is 375 g/mol. The van der Waals surface area contributed by atoms with Crippen LogP contribution < -0.4 is 0 Å². The number of hydrogen-bond acceptors (Lipinski definition) is 2. The molecule has 3 nitrogen and oxygen atoms in total. The summed E-state index contributed by atoms with van der Waals surface area (Å²) in [6.45, 7) is 7.46. The van der Waals surface area contributed by atoms with Gasteiger partial charge in [-0.25, -0.2) is 0 Å². The van der Waals surface area contributed by atoms with Crippen LogP contribution in [0, 0.1) is 16.2 Å². The molecule has 0 radical (unpaired) electrons. The predicted molar refractivity (Wildman–Crippen MR) is 110 cm³/mol. The minimum absolute atomic E-state index is 0.139. The summed E-state index contributed by atoms with van der Waals surface area (Å²) in [4.78, 5) is 28.8. The first kappa shape index (κ1) is 18.9. The van der Waals surface area contributed by atoms with Gasteiger partial charge in [0.15, 0.2) is 0 Å². The first-order valence-corrected chi connectivity index (χ1v) is 10.2. The number of hydrogen-bond donors (Lipinski definition) is 0. The van der Waals surface area contributed by atoms with Crippen molar-refractivity contribution in [2.75, 3.05) is 0 Å². The lowest BCUT2D eigenvalue weighted by atomic mass is 9.64. The van der Waals surface area contributed by atoms with E-state index in [9.17, 15) is 9.59 Å². The number of rotatable bonds is 5. The summed E-state index contributed by atoms with van der Waals surface area (Å²) < 4.78 is 0. The number of fused-ring (bicyclic) bond motifs is 2. The first-order chi connectivity index (χ1) is 13.3. The van der Waals surface area contributed by atoms with Crippen molar-refractivity contribution in [3.8, 4) is 0 Å². The van der Waals surface area contributed by atoms with E-state index in [-0.39, 0.29) is 22.5 Å². The number of nitrogens with zero attached hydrogens (tertiary/aromatic N) is 1. The fourth-order valence-corrected chi connectivity index (χ4v) is 5.44. The molecule has 2 aliphatic carbocycles. The van der Waals surface area contributed by atoms with Crippen LogP contribution in [0.1, 0.15) is 51.2 Å². The van der Waals surface area contributed by atoms with Crippen molar-refractivity contribution in [3.05, 3.63) is 71.8 Å². The minimum Gasteiger partial charge on any atom is -0.334 e. The molecule has 4 rings (SSSR count). The van der Waals surface area contributed by atoms with Gasteiger partial charge in [0, 0.05) is 24.9 Å². The molecule has 2 atom stereocenters. The van der Waals surface area contributed by atoms with E-state index in [0.29, 0.717) is 19.5 Å². The van der Waals surface area contributed by atoms with Crippen LogP contribution in [0.5, 0.6) is 0 Å². The summed E-state index contributed by atoms with van der Waals surface area (Å²) in [7, 11) is 0. The van der Waals surface area contributed by atoms with Gasteiger partial charge in [0.1, 0.15) is 5.78 Å². The largest absolute Gasteiger partial charge is 0.334 e. The lowest BCUT2D eigenvalue weighted by Crippen LogP contribution is -2.48. The van der Waals surface area contributed by atoms with Gasteiger partial charge in [0.05, 0.1) is 5.41 Å². The lowest BCUT2D eigenvalue weighted by molar-refractivity contribution is -0.149. The molecule has 2 bridgehead atoms. The third-order valence-electron chi connectivity index (χ3n) is 7.83. The summed E-state index contributed by atoms with van der Waals surface area (Å²) in [5, 5.41) is 0. The summed E-state index contributed by atoms with van der Waals surface area (Å²) in [5.41, 5.74) is 0.952. The van der Waals surface area contributed by atoms with Crippen molar-refractivity contribution >= 4 is 11.7 Å². The number of carbonyl (C=O) groups is 2. The minimum atomic E-state index is -0.581. The van der Waals surface area contributed by atoms with E-state index in [1.807, 2.05) is 41.3 Å². The van der Waals surface area contributed by atoms with Gasteiger partial charge >= 0.3 is 0 Å². The normalized spacial score (nSPS) is 27.8. The quantitative estimate of drug-likeness (QED) is 0.737. The Bertz CT molecular complexity index is 848. The fourth-order valence-electron chi connectivity index (χ4n) is 5.44. The van der Waals surface area contributed by atoms with Crippen LogP contribution in [0.25, 0.3) is 0 Å². The molecular weight excluding hydrogens is 346 g/mol. The van der Waals surface area contributed by atoms with Gasteiger partial charge in [-0.15, -0.1) is 0 Å². The van der Waals surface area contributed by atoms with Crippen molar-refractivity contribution < 1.29 is 9.59 Å². The molecule has 2 fully saturated rings. The molecule has 3 heteroatoms. The van der Waals surface area contributed by atoms with Crippen molar-refractivity contribution in [1.29, 1.82) is 0 Å². The highest BCUT2D eigenvalue weighted by Gasteiger charge is 2.72. The van der Waals surface area contributed by atoms with Gasteiger partial charge in [0.2, 0.25) is 5.91 Å². The second kappa shape index (κ2) is 6.58. The average molecular weight is 376 g/mol. The van der Waals surface area contributed by atoms with E-state index in [1.165, 1.54) is 0 Å². The second-order valence-electron chi connectivity index (χ2n) is 9.27. The number of benzene rings is 2. The molecule has 0 spiro atoms. The third-order valence-corrected chi connectivity index (χ3v) is 7.83. The van der Waals surface area contributed by atoms with E-state index in [1.54, 1.807) is 0 Å². The second-order valence-corrected chi connectivity index (χ2v) is 9.27. The summed E-state index contributed by atoms with van der Waals surface area (Å²) in [6, 6.07) is 20.3. The molecule has 146 valence electrons. The van der Waals surface area contributed by atoms with Crippen LogP contribution in [0.4, 0.5) is 0 Å². The van der Waals surface area contributed by atoms with E-state index in [2.05, 4.69) is 45.0 Å². The zero-order valence-corrected chi connectivity index (χ0v) is 17.1. The Morgan fingerprint density at radius 3 is 1.75 bits per heavy atom. The molecule has 2 aromatic carbocycles. The topological polar surface area (TPSA) is 37.4 Å². The fraction of sp³-hybridized carbons (Fsp3) is 0.440. The SMILES string of the molecule is CC1(C)[C@]2(C(=O)N(Cc3ccccc3)Cc3ccccc3)CC[C@]1(C)C(=O)C2. The Labute approximate surface area is 167 Å². The average Bonchev–Trinajstić information content (AvgIpc) is 2.99. The Kier molecular flexibility index (Phi) is 4.45. The molecule has 0 heterocycles. The molecule has 0 aliphatic heterocycles. The molecule has 2 aromatic rings. The van der Waals surface area contributed by atoms with Crippen LogP contribution >= 0.6 is 0 Å². The van der Waals surface area contributed by atoms with Crippen LogP contribution in [0.15, 0.2) is 60.7 Å². The molecule has 1 amide bonds. The highest BCUT2D eigenvalue weighted by molar-refractivity contribution is 5.99. The molecule has 0 saturated heterocycles. The van der Waals surface area contributed by atoms with Crippen LogP contribution in [-0.4, -0.2) is 16.6 Å². The molecule has 2 aliphatic rings. The molecule has 2 saturated carbocycles. The Morgan fingerprint density at radius 2 is 1.36 bits per heavy atom. The maximum atomic E-state index is 14.0. The molecule has 28 heavy (non-hydrogen) atoms. The summed E-state index contributed by atoms with van der Waals surface area (Å²) in [6.07, 6.45) is 2.01. The van der Waals surface area contributed by atoms with Gasteiger partial charge in [-0.1, -0.05) is 81.4 Å². The van der Waals surface area contributed by atoms with Crippen molar-refractivity contribution in [3.63, 3.8) is 0 Å². The van der Waals surface area contributed by atoms with Crippen LogP contribution in [-0.2, 0) is 22.7 Å². The van der Waals surface area contributed by atoms with Gasteiger partial charge in [-0.05, 0) is 29.4 Å². The highest BCUT2D eigenvalue weighted by Crippen LogP contribution is 2.71. The summed E-state index contributed by atoms with van der Waals surface area (Å²) >= 11 is 0. The third kappa shape index (κ3) is 2.63. The lowest BCUT2D eigenvalue weighted by Gasteiger charge is -2.41. The molecular formula is C25H29NO2.